The van der Waals surface area contributed by atoms with Crippen LogP contribution in [0.25, 0.3) is 0 Å². The second-order valence-corrected chi connectivity index (χ2v) is 6.91. The van der Waals surface area contributed by atoms with Gasteiger partial charge in [-0.2, -0.15) is 5.26 Å². The predicted molar refractivity (Wildman–Crippen MR) is 90.0 cm³/mol. The number of guanidine groups is 1. The SMILES string of the molecule is N#Cc1ccc(NC2=NS(O)(O)c3cc(Cl)cc(O)c3N2)c(F)c1. The first kappa shape index (κ1) is 16.4. The minimum Gasteiger partial charge on any atom is -0.506 e. The molecule has 0 radical (unpaired) electrons. The average Bonchev–Trinajstić information content (AvgIpc) is 2.50. The molecule has 0 bridgehead atoms. The zero-order valence-electron chi connectivity index (χ0n) is 11.8. The van der Waals surface area contributed by atoms with Crippen molar-refractivity contribution in [3.8, 4) is 11.8 Å². The summed E-state index contributed by atoms with van der Waals surface area (Å²) in [6.45, 7) is 0. The van der Waals surface area contributed by atoms with Crippen LogP contribution in [0.1, 0.15) is 5.56 Å². The van der Waals surface area contributed by atoms with Gasteiger partial charge in [-0.1, -0.05) is 22.4 Å². The van der Waals surface area contributed by atoms with Crippen LogP contribution in [0.4, 0.5) is 15.8 Å². The topological polar surface area (TPSA) is 121 Å². The van der Waals surface area contributed by atoms with Crippen molar-refractivity contribution in [3.63, 3.8) is 0 Å². The Kier molecular flexibility index (Phi) is 3.98. The summed E-state index contributed by atoms with van der Waals surface area (Å²) < 4.78 is 37.9. The largest absolute Gasteiger partial charge is 0.506 e. The van der Waals surface area contributed by atoms with Gasteiger partial charge in [0.15, 0.2) is 0 Å². The number of fused-ring (bicyclic) bond motifs is 1. The molecule has 0 saturated heterocycles. The number of hydrogen-bond acceptors (Lipinski definition) is 7. The molecule has 0 fully saturated rings. The second-order valence-electron chi connectivity index (χ2n) is 4.81. The summed E-state index contributed by atoms with van der Waals surface area (Å²) in [5.41, 5.74) is 0.108. The smallest absolute Gasteiger partial charge is 0.223 e. The number of halogens is 2. The molecule has 0 saturated carbocycles. The molecule has 0 aliphatic carbocycles. The fourth-order valence-corrected chi connectivity index (χ4v) is 3.53. The van der Waals surface area contributed by atoms with E-state index in [1.54, 1.807) is 6.07 Å². The Balaban J connectivity index is 1.97. The van der Waals surface area contributed by atoms with Gasteiger partial charge in [0.05, 0.1) is 17.3 Å². The normalized spacial score (nSPS) is 16.2. The molecule has 0 amide bonds. The van der Waals surface area contributed by atoms with Crippen LogP contribution in [0.5, 0.6) is 5.75 Å². The van der Waals surface area contributed by atoms with E-state index in [1.807, 2.05) is 0 Å². The molecule has 0 spiro atoms. The van der Waals surface area contributed by atoms with E-state index >= 15 is 0 Å². The van der Waals surface area contributed by atoms with Crippen LogP contribution in [-0.2, 0) is 0 Å². The minimum atomic E-state index is -3.64. The summed E-state index contributed by atoms with van der Waals surface area (Å²) in [7, 11) is -3.64. The number of hydrogen-bond donors (Lipinski definition) is 5. The molecule has 24 heavy (non-hydrogen) atoms. The number of phenols is 1. The van der Waals surface area contributed by atoms with Crippen LogP contribution in [0.15, 0.2) is 39.6 Å². The maximum atomic E-state index is 13.9. The van der Waals surface area contributed by atoms with Crippen molar-refractivity contribution in [2.75, 3.05) is 10.6 Å². The molecule has 0 aromatic heterocycles. The Morgan fingerprint density at radius 3 is 2.71 bits per heavy atom. The summed E-state index contributed by atoms with van der Waals surface area (Å²) in [5.74, 6) is -1.21. The number of anilines is 2. The Morgan fingerprint density at radius 2 is 2.04 bits per heavy atom. The van der Waals surface area contributed by atoms with E-state index in [9.17, 15) is 18.6 Å². The lowest BCUT2D eigenvalue weighted by molar-refractivity contribution is 0.470. The van der Waals surface area contributed by atoms with Crippen molar-refractivity contribution < 1.29 is 18.6 Å². The molecule has 3 rings (SSSR count). The van der Waals surface area contributed by atoms with Gasteiger partial charge < -0.3 is 15.7 Å². The highest BCUT2D eigenvalue weighted by Crippen LogP contribution is 2.57. The lowest BCUT2D eigenvalue weighted by Gasteiger charge is -2.34. The molecule has 1 heterocycles. The van der Waals surface area contributed by atoms with Crippen molar-refractivity contribution in [1.29, 1.82) is 5.26 Å². The van der Waals surface area contributed by atoms with Gasteiger partial charge in [-0.15, -0.1) is 4.40 Å². The van der Waals surface area contributed by atoms with Crippen molar-refractivity contribution in [1.82, 2.24) is 0 Å². The van der Waals surface area contributed by atoms with E-state index in [2.05, 4.69) is 15.0 Å². The van der Waals surface area contributed by atoms with E-state index in [0.29, 0.717) is 0 Å². The first-order valence-corrected chi connectivity index (χ1v) is 8.33. The van der Waals surface area contributed by atoms with Crippen molar-refractivity contribution in [2.24, 2.45) is 4.40 Å². The molecule has 2 aromatic carbocycles. The highest BCUT2D eigenvalue weighted by molar-refractivity contribution is 8.23. The van der Waals surface area contributed by atoms with Crippen LogP contribution in [-0.4, -0.2) is 20.2 Å². The summed E-state index contributed by atoms with van der Waals surface area (Å²) in [4.78, 5) is -0.0710. The van der Waals surface area contributed by atoms with Gasteiger partial charge in [0.1, 0.15) is 22.1 Å². The molecule has 124 valence electrons. The maximum absolute atomic E-state index is 13.9. The number of benzene rings is 2. The zero-order valence-corrected chi connectivity index (χ0v) is 13.4. The third kappa shape index (κ3) is 2.95. The first-order valence-electron chi connectivity index (χ1n) is 6.44. The third-order valence-electron chi connectivity index (χ3n) is 3.15. The molecule has 2 aromatic rings. The summed E-state index contributed by atoms with van der Waals surface area (Å²) in [6, 6.07) is 8.00. The van der Waals surface area contributed by atoms with E-state index in [-0.39, 0.29) is 38.6 Å². The Hall–Kier alpha value is -2.51. The van der Waals surface area contributed by atoms with Crippen LogP contribution >= 0.6 is 22.4 Å². The van der Waals surface area contributed by atoms with E-state index < -0.39 is 16.6 Å². The standard InChI is InChI=1S/C14H10ClFN4O3S/c15-8-4-11(21)13-12(5-8)24(22,23)20-14(19-13)18-10-2-1-7(6-17)3-9(10)16/h1-5,21-23H,(H2,18,19,20). The van der Waals surface area contributed by atoms with Gasteiger partial charge in [0.25, 0.3) is 0 Å². The Morgan fingerprint density at radius 1 is 1.29 bits per heavy atom. The van der Waals surface area contributed by atoms with E-state index in [1.165, 1.54) is 24.3 Å². The van der Waals surface area contributed by atoms with Crippen molar-refractivity contribution in [2.45, 2.75) is 4.90 Å². The van der Waals surface area contributed by atoms with Gasteiger partial charge in [0.2, 0.25) is 5.96 Å². The van der Waals surface area contributed by atoms with E-state index in [4.69, 9.17) is 16.9 Å². The third-order valence-corrected chi connectivity index (χ3v) is 4.72. The molecular formula is C14H10ClFN4O3S. The summed E-state index contributed by atoms with van der Waals surface area (Å²) in [5, 5.41) is 24.0. The van der Waals surface area contributed by atoms with Gasteiger partial charge in [-0.05, 0) is 24.3 Å². The van der Waals surface area contributed by atoms with Gasteiger partial charge in [-0.3, -0.25) is 9.11 Å². The van der Waals surface area contributed by atoms with Gasteiger partial charge >= 0.3 is 0 Å². The lowest BCUT2D eigenvalue weighted by atomic mass is 10.2. The molecule has 5 N–H and O–H groups in total. The van der Waals surface area contributed by atoms with Crippen molar-refractivity contribution in [3.05, 3.63) is 46.7 Å². The molecule has 1 aliphatic heterocycles. The first-order chi connectivity index (χ1) is 11.3. The summed E-state index contributed by atoms with van der Waals surface area (Å²) in [6.07, 6.45) is 0. The lowest BCUT2D eigenvalue weighted by Crippen LogP contribution is -2.27. The van der Waals surface area contributed by atoms with Gasteiger partial charge in [0, 0.05) is 11.1 Å². The number of nitrogens with one attached hydrogen (secondary N) is 2. The Bertz CT molecular complexity index is 914. The number of rotatable bonds is 1. The number of phenolic OH excluding ortho intramolecular Hbond substituents is 1. The average molecular weight is 369 g/mol. The molecule has 0 atom stereocenters. The monoisotopic (exact) mass is 368 g/mol. The molecule has 0 unspecified atom stereocenters. The fraction of sp³-hybridized carbons (Fsp3) is 0. The molecule has 7 nitrogen and oxygen atoms in total. The summed E-state index contributed by atoms with van der Waals surface area (Å²) >= 11 is 5.79. The molecule has 1 aliphatic rings. The minimum absolute atomic E-state index is 0.00551. The van der Waals surface area contributed by atoms with Crippen molar-refractivity contribution >= 4 is 39.7 Å². The van der Waals surface area contributed by atoms with E-state index in [0.717, 1.165) is 6.07 Å². The van der Waals surface area contributed by atoms with Gasteiger partial charge in [-0.25, -0.2) is 4.39 Å². The predicted octanol–water partition coefficient (Wildman–Crippen LogP) is 3.97. The van der Waals surface area contributed by atoms with Crippen LogP contribution < -0.4 is 10.6 Å². The van der Waals surface area contributed by atoms with Crippen LogP contribution in [0.2, 0.25) is 5.02 Å². The van der Waals surface area contributed by atoms with Crippen LogP contribution in [0.3, 0.4) is 0 Å². The quantitative estimate of drug-likeness (QED) is 0.485. The molecular weight excluding hydrogens is 359 g/mol. The number of nitrogens with zero attached hydrogens (tertiary/aromatic N) is 2. The fourth-order valence-electron chi connectivity index (χ4n) is 2.10. The highest BCUT2D eigenvalue weighted by Gasteiger charge is 2.29. The maximum Gasteiger partial charge on any atom is 0.223 e. The second kappa shape index (κ2) is 5.85. The molecule has 10 heteroatoms. The number of nitriles is 1. The Labute approximate surface area is 142 Å². The van der Waals surface area contributed by atoms with Crippen LogP contribution in [0, 0.1) is 17.1 Å². The zero-order chi connectivity index (χ0) is 17.5. The number of aromatic hydroxyl groups is 1. The highest BCUT2D eigenvalue weighted by atomic mass is 35.5.